The van der Waals surface area contributed by atoms with Crippen molar-refractivity contribution in [2.45, 2.75) is 25.8 Å². The second kappa shape index (κ2) is 4.90. The largest absolute Gasteiger partial charge is 0.312 e. The summed E-state index contributed by atoms with van der Waals surface area (Å²) >= 11 is 0. The third kappa shape index (κ3) is 4.57. The van der Waals surface area contributed by atoms with Crippen LogP contribution < -0.4 is 5.32 Å². The second-order valence-electron chi connectivity index (χ2n) is 4.14. The van der Waals surface area contributed by atoms with Gasteiger partial charge in [0, 0.05) is 25.4 Å². The number of hydrogen-bond acceptors (Lipinski definition) is 4. The Morgan fingerprint density at radius 1 is 1.53 bits per heavy atom. The molecule has 0 bridgehead atoms. The number of carbonyl (C=O) groups is 1. The van der Waals surface area contributed by atoms with Gasteiger partial charge in [0.05, 0.1) is 11.5 Å². The molecule has 0 radical (unpaired) electrons. The van der Waals surface area contributed by atoms with Crippen molar-refractivity contribution in [2.24, 2.45) is 0 Å². The maximum Gasteiger partial charge on any atom is 0.153 e. The fourth-order valence-corrected chi connectivity index (χ4v) is 3.13. The molecule has 1 fully saturated rings. The lowest BCUT2D eigenvalue weighted by atomic mass is 10.1. The van der Waals surface area contributed by atoms with E-state index in [1.54, 1.807) is 6.92 Å². The summed E-state index contributed by atoms with van der Waals surface area (Å²) in [6.45, 7) is 5.90. The van der Waals surface area contributed by atoms with Crippen molar-refractivity contribution < 1.29 is 13.2 Å². The normalized spacial score (nSPS) is 24.7. The summed E-state index contributed by atoms with van der Waals surface area (Å²) in [5.74, 6) is 0.310. The summed E-state index contributed by atoms with van der Waals surface area (Å²) in [6, 6.07) is -0.212. The molecule has 0 aromatic carbocycles. The first-order valence-electron chi connectivity index (χ1n) is 4.99. The molecule has 1 aliphatic heterocycles. The van der Waals surface area contributed by atoms with Gasteiger partial charge in [0.15, 0.2) is 9.84 Å². The van der Waals surface area contributed by atoms with Crippen molar-refractivity contribution in [3.63, 3.8) is 0 Å². The molecule has 1 rings (SSSR count). The zero-order chi connectivity index (χ0) is 11.5. The van der Waals surface area contributed by atoms with Gasteiger partial charge in [0.25, 0.3) is 0 Å². The Bertz CT molecular complexity index is 359. The minimum absolute atomic E-state index is 0.0529. The smallest absolute Gasteiger partial charge is 0.153 e. The van der Waals surface area contributed by atoms with Gasteiger partial charge in [0.1, 0.15) is 5.78 Å². The van der Waals surface area contributed by atoms with Crippen LogP contribution in [0.4, 0.5) is 0 Å². The summed E-state index contributed by atoms with van der Waals surface area (Å²) in [7, 11) is -2.94. The molecule has 0 aromatic heterocycles. The summed E-state index contributed by atoms with van der Waals surface area (Å²) in [5, 5.41) is 3.05. The van der Waals surface area contributed by atoms with E-state index in [1.807, 2.05) is 0 Å². The average molecular weight is 231 g/mol. The van der Waals surface area contributed by atoms with Gasteiger partial charge in [-0.05, 0) is 6.92 Å². The first-order valence-corrected chi connectivity index (χ1v) is 6.81. The Balaban J connectivity index is 2.45. The molecule has 0 aliphatic carbocycles. The zero-order valence-corrected chi connectivity index (χ0v) is 9.77. The van der Waals surface area contributed by atoms with Crippen LogP contribution in [0.2, 0.25) is 0 Å². The molecular formula is C10H17NO3S. The predicted octanol–water partition coefficient (Wildman–Crippen LogP) is 0.298. The maximum atomic E-state index is 11.4. The molecule has 15 heavy (non-hydrogen) atoms. The molecule has 0 saturated carbocycles. The van der Waals surface area contributed by atoms with Crippen LogP contribution >= 0.6 is 0 Å². The van der Waals surface area contributed by atoms with E-state index in [0.29, 0.717) is 13.0 Å². The van der Waals surface area contributed by atoms with Gasteiger partial charge in [0.2, 0.25) is 0 Å². The van der Waals surface area contributed by atoms with Gasteiger partial charge in [-0.1, -0.05) is 12.2 Å². The highest BCUT2D eigenvalue weighted by Gasteiger charge is 2.25. The van der Waals surface area contributed by atoms with Crippen molar-refractivity contribution in [1.29, 1.82) is 0 Å². The highest BCUT2D eigenvalue weighted by atomic mass is 32.2. The number of hydrogen-bond donors (Lipinski definition) is 1. The summed E-state index contributed by atoms with van der Waals surface area (Å²) in [6.07, 6.45) is 0.629. The molecule has 1 unspecified atom stereocenters. The summed E-state index contributed by atoms with van der Waals surface area (Å²) in [5.41, 5.74) is 0.818. The summed E-state index contributed by atoms with van der Waals surface area (Å²) < 4.78 is 22.6. The molecule has 0 spiro atoms. The summed E-state index contributed by atoms with van der Waals surface area (Å²) in [4.78, 5) is 11.4. The van der Waals surface area contributed by atoms with Crippen molar-refractivity contribution in [3.8, 4) is 0 Å². The zero-order valence-electron chi connectivity index (χ0n) is 8.95. The van der Waals surface area contributed by atoms with E-state index in [-0.39, 0.29) is 29.8 Å². The van der Waals surface area contributed by atoms with Gasteiger partial charge < -0.3 is 5.32 Å². The highest BCUT2D eigenvalue weighted by molar-refractivity contribution is 7.91. The van der Waals surface area contributed by atoms with Gasteiger partial charge in [-0.3, -0.25) is 4.79 Å². The van der Waals surface area contributed by atoms with Gasteiger partial charge >= 0.3 is 0 Å². The fourth-order valence-electron chi connectivity index (χ4n) is 1.68. The van der Waals surface area contributed by atoms with Crippen LogP contribution in [0, 0.1) is 0 Å². The van der Waals surface area contributed by atoms with Gasteiger partial charge in [-0.15, -0.1) is 0 Å². The van der Waals surface area contributed by atoms with Crippen molar-refractivity contribution >= 4 is 15.6 Å². The predicted molar refractivity (Wildman–Crippen MR) is 59.5 cm³/mol. The minimum atomic E-state index is -2.94. The molecular weight excluding hydrogens is 214 g/mol. The number of carbonyl (C=O) groups excluding carboxylic acids is 1. The Morgan fingerprint density at radius 2 is 2.20 bits per heavy atom. The van der Waals surface area contributed by atoms with Crippen LogP contribution in [-0.4, -0.2) is 38.3 Å². The molecule has 1 saturated heterocycles. The topological polar surface area (TPSA) is 63.2 Å². The second-order valence-corrected chi connectivity index (χ2v) is 6.37. The maximum absolute atomic E-state index is 11.4. The van der Waals surface area contributed by atoms with E-state index in [4.69, 9.17) is 0 Å². The molecule has 4 nitrogen and oxygen atoms in total. The number of rotatable bonds is 4. The number of allylic oxidation sites excluding steroid dienone is 1. The van der Waals surface area contributed by atoms with Crippen molar-refractivity contribution in [1.82, 2.24) is 5.32 Å². The van der Waals surface area contributed by atoms with E-state index in [9.17, 15) is 13.2 Å². The number of ketones is 1. The number of Topliss-reactive ketones (excluding diaryl/α,β-unsaturated/α-hetero) is 1. The Labute approximate surface area is 90.7 Å². The lowest BCUT2D eigenvalue weighted by Crippen LogP contribution is -2.45. The Hall–Kier alpha value is -0.680. The van der Waals surface area contributed by atoms with Crippen molar-refractivity contribution in [2.75, 3.05) is 18.1 Å². The monoisotopic (exact) mass is 231 g/mol. The lowest BCUT2D eigenvalue weighted by molar-refractivity contribution is -0.118. The third-order valence-electron chi connectivity index (χ3n) is 2.27. The van der Waals surface area contributed by atoms with E-state index < -0.39 is 9.84 Å². The fraction of sp³-hybridized carbons (Fsp3) is 0.700. The van der Waals surface area contributed by atoms with Crippen LogP contribution in [-0.2, 0) is 14.6 Å². The van der Waals surface area contributed by atoms with E-state index >= 15 is 0 Å². The first-order chi connectivity index (χ1) is 6.89. The third-order valence-corrected chi connectivity index (χ3v) is 4.01. The molecule has 1 heterocycles. The molecule has 1 N–H and O–H groups in total. The molecule has 0 amide bonds. The standard InChI is InChI=1S/C10H17NO3S/c1-8(2)5-10(12)6-9-7-15(13,14)4-3-11-9/h9,11H,1,3-7H2,2H3. The SMILES string of the molecule is C=C(C)CC(=O)CC1CS(=O)(=O)CCN1. The van der Waals surface area contributed by atoms with Gasteiger partial charge in [-0.25, -0.2) is 8.42 Å². The molecule has 1 atom stereocenters. The van der Waals surface area contributed by atoms with Crippen molar-refractivity contribution in [3.05, 3.63) is 12.2 Å². The molecule has 0 aromatic rings. The Morgan fingerprint density at radius 3 is 2.73 bits per heavy atom. The average Bonchev–Trinajstić information content (AvgIpc) is 1.99. The highest BCUT2D eigenvalue weighted by Crippen LogP contribution is 2.08. The number of sulfone groups is 1. The quantitative estimate of drug-likeness (QED) is 0.707. The Kier molecular flexibility index (Phi) is 4.04. The molecule has 1 aliphatic rings. The van der Waals surface area contributed by atoms with Gasteiger partial charge in [-0.2, -0.15) is 0 Å². The van der Waals surface area contributed by atoms with E-state index in [0.717, 1.165) is 5.57 Å². The van der Waals surface area contributed by atoms with Crippen LogP contribution in [0.25, 0.3) is 0 Å². The van der Waals surface area contributed by atoms with Crippen LogP contribution in [0.1, 0.15) is 19.8 Å². The van der Waals surface area contributed by atoms with Crippen LogP contribution in [0.15, 0.2) is 12.2 Å². The van der Waals surface area contributed by atoms with E-state index in [1.165, 1.54) is 0 Å². The van der Waals surface area contributed by atoms with Crippen LogP contribution in [0.5, 0.6) is 0 Å². The first kappa shape index (κ1) is 12.4. The number of nitrogens with one attached hydrogen (secondary N) is 1. The lowest BCUT2D eigenvalue weighted by Gasteiger charge is -2.22. The van der Waals surface area contributed by atoms with Crippen LogP contribution in [0.3, 0.4) is 0 Å². The molecule has 86 valence electrons. The molecule has 5 heteroatoms. The minimum Gasteiger partial charge on any atom is -0.312 e. The van der Waals surface area contributed by atoms with E-state index in [2.05, 4.69) is 11.9 Å².